The molecule has 2 N–H and O–H groups in total. The number of hydrogen-bond acceptors (Lipinski definition) is 4. The van der Waals surface area contributed by atoms with Crippen LogP contribution in [0.5, 0.6) is 0 Å². The van der Waals surface area contributed by atoms with Crippen molar-refractivity contribution in [3.8, 4) is 0 Å². The molecule has 0 bridgehead atoms. The van der Waals surface area contributed by atoms with Gasteiger partial charge >= 0.3 is 0 Å². The van der Waals surface area contributed by atoms with E-state index in [1.807, 2.05) is 6.92 Å². The number of anilines is 1. The van der Waals surface area contributed by atoms with E-state index in [9.17, 15) is 12.8 Å². The van der Waals surface area contributed by atoms with Gasteiger partial charge in [0.1, 0.15) is 10.7 Å². The maximum atomic E-state index is 13.9. The van der Waals surface area contributed by atoms with Gasteiger partial charge in [-0.15, -0.1) is 0 Å². The highest BCUT2D eigenvalue weighted by Crippen LogP contribution is 2.28. The van der Waals surface area contributed by atoms with Crippen molar-refractivity contribution in [1.82, 2.24) is 4.31 Å². The van der Waals surface area contributed by atoms with Crippen LogP contribution in [0.25, 0.3) is 0 Å². The van der Waals surface area contributed by atoms with Gasteiger partial charge in [-0.25, -0.2) is 12.8 Å². The first-order valence-corrected chi connectivity index (χ1v) is 8.48. The molecule has 7 heteroatoms. The van der Waals surface area contributed by atoms with E-state index in [4.69, 9.17) is 5.73 Å². The first-order chi connectivity index (χ1) is 8.82. The summed E-state index contributed by atoms with van der Waals surface area (Å²) in [6.07, 6.45) is 0. The molecule has 1 heterocycles. The van der Waals surface area contributed by atoms with Crippen LogP contribution in [-0.4, -0.2) is 36.8 Å². The number of rotatable bonds is 2. The van der Waals surface area contributed by atoms with Gasteiger partial charge in [0.2, 0.25) is 10.0 Å². The molecule has 1 aliphatic heterocycles. The topological polar surface area (TPSA) is 63.4 Å². The number of hydrogen-bond donors (Lipinski definition) is 1. The molecule has 106 valence electrons. The van der Waals surface area contributed by atoms with Crippen LogP contribution in [0.15, 0.2) is 17.0 Å². The van der Waals surface area contributed by atoms with Crippen molar-refractivity contribution in [2.45, 2.75) is 24.0 Å². The number of nitrogen functional groups attached to an aromatic ring is 1. The molecule has 1 aliphatic rings. The SMILES string of the molecule is Cc1cc(F)c(S(=O)(=O)N2CCSC(C)C2)cc1N. The van der Waals surface area contributed by atoms with E-state index < -0.39 is 15.8 Å². The average molecular weight is 304 g/mol. The quantitative estimate of drug-likeness (QED) is 0.847. The Morgan fingerprint density at radius 2 is 2.16 bits per heavy atom. The summed E-state index contributed by atoms with van der Waals surface area (Å²) in [7, 11) is -3.80. The molecule has 1 atom stereocenters. The molecule has 2 rings (SSSR count). The summed E-state index contributed by atoms with van der Waals surface area (Å²) in [5, 5.41) is 0.217. The fourth-order valence-electron chi connectivity index (χ4n) is 2.01. The molecule has 0 saturated carbocycles. The number of nitrogens with two attached hydrogens (primary N) is 1. The van der Waals surface area contributed by atoms with Crippen molar-refractivity contribution in [1.29, 1.82) is 0 Å². The van der Waals surface area contributed by atoms with Crippen LogP contribution in [0.4, 0.5) is 10.1 Å². The Kier molecular flexibility index (Phi) is 4.08. The monoisotopic (exact) mass is 304 g/mol. The predicted molar refractivity (Wildman–Crippen MR) is 76.2 cm³/mol. The van der Waals surface area contributed by atoms with E-state index in [1.165, 1.54) is 16.4 Å². The van der Waals surface area contributed by atoms with E-state index in [2.05, 4.69) is 0 Å². The fourth-order valence-corrected chi connectivity index (χ4v) is 4.84. The number of sulfonamides is 1. The van der Waals surface area contributed by atoms with E-state index >= 15 is 0 Å². The third-order valence-corrected chi connectivity index (χ3v) is 6.16. The van der Waals surface area contributed by atoms with Crippen molar-refractivity contribution < 1.29 is 12.8 Å². The average Bonchev–Trinajstić information content (AvgIpc) is 2.33. The van der Waals surface area contributed by atoms with Gasteiger partial charge in [-0.3, -0.25) is 0 Å². The standard InChI is InChI=1S/C12H17FN2O2S2/c1-8-5-10(13)12(6-11(8)14)19(16,17)15-3-4-18-9(2)7-15/h5-6,9H,3-4,7,14H2,1-2H3. The minimum Gasteiger partial charge on any atom is -0.398 e. The third kappa shape index (κ3) is 2.88. The summed E-state index contributed by atoms with van der Waals surface area (Å²) in [5.74, 6) is -0.0128. The van der Waals surface area contributed by atoms with Crippen LogP contribution in [0.2, 0.25) is 0 Å². The lowest BCUT2D eigenvalue weighted by Crippen LogP contribution is -2.41. The molecule has 0 aromatic heterocycles. The third-order valence-electron chi connectivity index (χ3n) is 3.14. The van der Waals surface area contributed by atoms with Gasteiger partial charge in [0.15, 0.2) is 0 Å². The maximum absolute atomic E-state index is 13.9. The minimum absolute atomic E-state index is 0.217. The second-order valence-electron chi connectivity index (χ2n) is 4.68. The predicted octanol–water partition coefficient (Wildman–Crippen LogP) is 1.84. The van der Waals surface area contributed by atoms with Gasteiger partial charge in [-0.1, -0.05) is 6.92 Å². The van der Waals surface area contributed by atoms with Crippen molar-refractivity contribution in [3.63, 3.8) is 0 Å². The first-order valence-electron chi connectivity index (χ1n) is 5.99. The summed E-state index contributed by atoms with van der Waals surface area (Å²) >= 11 is 1.72. The first kappa shape index (κ1) is 14.6. The van der Waals surface area contributed by atoms with E-state index in [0.717, 1.165) is 5.75 Å². The van der Waals surface area contributed by atoms with Crippen LogP contribution >= 0.6 is 11.8 Å². The van der Waals surface area contributed by atoms with Gasteiger partial charge in [0, 0.05) is 29.8 Å². The van der Waals surface area contributed by atoms with Crippen molar-refractivity contribution in [3.05, 3.63) is 23.5 Å². The molecule has 0 radical (unpaired) electrons. The Hall–Kier alpha value is -0.790. The zero-order chi connectivity index (χ0) is 14.2. The Morgan fingerprint density at radius 1 is 1.47 bits per heavy atom. The minimum atomic E-state index is -3.80. The smallest absolute Gasteiger partial charge is 0.246 e. The zero-order valence-electron chi connectivity index (χ0n) is 10.9. The molecule has 0 aliphatic carbocycles. The normalized spacial score (nSPS) is 21.5. The molecule has 4 nitrogen and oxygen atoms in total. The number of halogens is 1. The maximum Gasteiger partial charge on any atom is 0.246 e. The van der Waals surface area contributed by atoms with Crippen molar-refractivity contribution >= 4 is 27.5 Å². The van der Waals surface area contributed by atoms with Crippen LogP contribution in [0.3, 0.4) is 0 Å². The molecular formula is C12H17FN2O2S2. The van der Waals surface area contributed by atoms with E-state index in [1.54, 1.807) is 18.7 Å². The van der Waals surface area contributed by atoms with E-state index in [-0.39, 0.29) is 10.1 Å². The highest BCUT2D eigenvalue weighted by atomic mass is 32.2. The fraction of sp³-hybridized carbons (Fsp3) is 0.500. The van der Waals surface area contributed by atoms with Gasteiger partial charge in [0.25, 0.3) is 0 Å². The van der Waals surface area contributed by atoms with Crippen LogP contribution in [0, 0.1) is 12.7 Å². The Morgan fingerprint density at radius 3 is 2.79 bits per heavy atom. The Balaban J connectivity index is 2.42. The second-order valence-corrected chi connectivity index (χ2v) is 8.14. The summed E-state index contributed by atoms with van der Waals surface area (Å²) in [6.45, 7) is 4.42. The molecule has 19 heavy (non-hydrogen) atoms. The molecule has 1 fully saturated rings. The van der Waals surface area contributed by atoms with Crippen LogP contribution in [-0.2, 0) is 10.0 Å². The number of benzene rings is 1. The van der Waals surface area contributed by atoms with Crippen molar-refractivity contribution in [2.75, 3.05) is 24.6 Å². The van der Waals surface area contributed by atoms with Gasteiger partial charge in [-0.2, -0.15) is 16.1 Å². The van der Waals surface area contributed by atoms with Gasteiger partial charge in [-0.05, 0) is 24.6 Å². The lowest BCUT2D eigenvalue weighted by molar-refractivity contribution is 0.420. The highest BCUT2D eigenvalue weighted by molar-refractivity contribution is 8.00. The number of thioether (sulfide) groups is 1. The van der Waals surface area contributed by atoms with Crippen LogP contribution < -0.4 is 5.73 Å². The zero-order valence-corrected chi connectivity index (χ0v) is 12.5. The number of nitrogens with zero attached hydrogens (tertiary/aromatic N) is 1. The summed E-state index contributed by atoms with van der Waals surface area (Å²) in [5.41, 5.74) is 6.52. The van der Waals surface area contributed by atoms with Gasteiger partial charge < -0.3 is 5.73 Å². The second kappa shape index (κ2) is 5.30. The highest BCUT2D eigenvalue weighted by Gasteiger charge is 2.31. The molecular weight excluding hydrogens is 287 g/mol. The lowest BCUT2D eigenvalue weighted by atomic mass is 10.2. The summed E-state index contributed by atoms with van der Waals surface area (Å²) in [6, 6.07) is 2.39. The van der Waals surface area contributed by atoms with Crippen LogP contribution in [0.1, 0.15) is 12.5 Å². The Labute approximate surface area is 117 Å². The lowest BCUT2D eigenvalue weighted by Gasteiger charge is -2.29. The van der Waals surface area contributed by atoms with E-state index in [0.29, 0.717) is 24.3 Å². The molecule has 0 spiro atoms. The molecule has 0 amide bonds. The molecule has 1 unspecified atom stereocenters. The molecule has 1 saturated heterocycles. The van der Waals surface area contributed by atoms with Gasteiger partial charge in [0.05, 0.1) is 0 Å². The van der Waals surface area contributed by atoms with Crippen molar-refractivity contribution in [2.24, 2.45) is 0 Å². The molecule has 1 aromatic carbocycles. The Bertz CT molecular complexity index is 590. The molecule has 1 aromatic rings. The summed E-state index contributed by atoms with van der Waals surface area (Å²) < 4.78 is 40.1. The number of aryl methyl sites for hydroxylation is 1. The largest absolute Gasteiger partial charge is 0.398 e. The summed E-state index contributed by atoms with van der Waals surface area (Å²) in [4.78, 5) is -0.324.